The summed E-state index contributed by atoms with van der Waals surface area (Å²) in [6.07, 6.45) is 0.232. The largest absolute Gasteiger partial charge is 0.326 e. The first-order chi connectivity index (χ1) is 13.3. The second-order valence-corrected chi connectivity index (χ2v) is 9.66. The third kappa shape index (κ3) is 3.57. The average molecular weight is 400 g/mol. The number of rotatable bonds is 4. The molecule has 2 heterocycles. The Morgan fingerprint density at radius 1 is 1.04 bits per heavy atom. The minimum Gasteiger partial charge on any atom is -0.326 e. The van der Waals surface area contributed by atoms with Crippen LogP contribution >= 0.6 is 0 Å². The maximum absolute atomic E-state index is 13.2. The molecule has 1 saturated heterocycles. The van der Waals surface area contributed by atoms with Gasteiger partial charge < -0.3 is 5.32 Å². The molecule has 28 heavy (non-hydrogen) atoms. The Bertz CT molecular complexity index is 979. The Morgan fingerprint density at radius 2 is 1.71 bits per heavy atom. The molecule has 0 aliphatic carbocycles. The third-order valence-electron chi connectivity index (χ3n) is 5.62. The summed E-state index contributed by atoms with van der Waals surface area (Å²) in [4.78, 5) is 14.2. The summed E-state index contributed by atoms with van der Waals surface area (Å²) >= 11 is 0. The van der Waals surface area contributed by atoms with Crippen LogP contribution < -0.4 is 5.32 Å². The number of nitrogens with zero attached hydrogens (tertiary/aromatic N) is 2. The summed E-state index contributed by atoms with van der Waals surface area (Å²) in [6.45, 7) is 5.87. The summed E-state index contributed by atoms with van der Waals surface area (Å²) in [5, 5.41) is 2.74. The smallest absolute Gasteiger partial charge is 0.243 e. The molecule has 2 aliphatic heterocycles. The lowest BCUT2D eigenvalue weighted by Crippen LogP contribution is -2.57. The molecule has 1 N–H and O–H groups in total. The normalized spacial score (nSPS) is 23.4. The van der Waals surface area contributed by atoms with Gasteiger partial charge in [-0.1, -0.05) is 30.3 Å². The Balaban J connectivity index is 1.53. The van der Waals surface area contributed by atoms with E-state index in [1.807, 2.05) is 18.2 Å². The van der Waals surface area contributed by atoms with Crippen LogP contribution in [-0.2, 0) is 27.8 Å². The quantitative estimate of drug-likeness (QED) is 0.858. The molecule has 0 aromatic heterocycles. The Morgan fingerprint density at radius 3 is 2.39 bits per heavy atom. The molecule has 2 aromatic rings. The summed E-state index contributed by atoms with van der Waals surface area (Å²) in [5.41, 5.74) is 2.68. The molecule has 1 amide bonds. The molecule has 0 saturated carbocycles. The third-order valence-corrected chi connectivity index (χ3v) is 7.44. The highest BCUT2D eigenvalue weighted by Crippen LogP contribution is 2.29. The topological polar surface area (TPSA) is 69.7 Å². The fourth-order valence-electron chi connectivity index (χ4n) is 4.13. The van der Waals surface area contributed by atoms with Gasteiger partial charge in [-0.25, -0.2) is 8.42 Å². The lowest BCUT2D eigenvalue weighted by Gasteiger charge is -2.43. The number of piperazine rings is 1. The lowest BCUT2D eigenvalue weighted by molar-refractivity contribution is -0.115. The first kappa shape index (κ1) is 19.1. The monoisotopic (exact) mass is 399 g/mol. The fourth-order valence-corrected chi connectivity index (χ4v) is 5.78. The van der Waals surface area contributed by atoms with E-state index in [1.165, 1.54) is 5.56 Å². The van der Waals surface area contributed by atoms with Gasteiger partial charge in [-0.15, -0.1) is 0 Å². The van der Waals surface area contributed by atoms with Crippen LogP contribution in [0, 0.1) is 0 Å². The number of carbonyl (C=O) groups excluding carboxylic acids is 1. The Hall–Kier alpha value is -2.22. The van der Waals surface area contributed by atoms with E-state index in [4.69, 9.17) is 0 Å². The minimum atomic E-state index is -3.60. The van der Waals surface area contributed by atoms with Crippen molar-refractivity contribution in [2.24, 2.45) is 0 Å². The molecule has 148 valence electrons. The van der Waals surface area contributed by atoms with E-state index in [0.29, 0.717) is 18.8 Å². The fraction of sp³-hybridized carbons (Fsp3) is 0.381. The number of amides is 1. The molecule has 0 spiro atoms. The zero-order valence-corrected chi connectivity index (χ0v) is 16.9. The molecule has 0 radical (unpaired) electrons. The van der Waals surface area contributed by atoms with Gasteiger partial charge in [0.05, 0.1) is 11.3 Å². The van der Waals surface area contributed by atoms with Gasteiger partial charge in [0.25, 0.3) is 0 Å². The molecule has 0 bridgehead atoms. The molecule has 2 unspecified atom stereocenters. The summed E-state index contributed by atoms with van der Waals surface area (Å²) in [6, 6.07) is 15.4. The highest BCUT2D eigenvalue weighted by molar-refractivity contribution is 7.89. The van der Waals surface area contributed by atoms with E-state index in [0.717, 1.165) is 12.1 Å². The number of benzene rings is 2. The van der Waals surface area contributed by atoms with Gasteiger partial charge in [0.2, 0.25) is 15.9 Å². The number of nitrogens with one attached hydrogen (secondary N) is 1. The maximum Gasteiger partial charge on any atom is 0.243 e. The number of carbonyl (C=O) groups is 1. The molecule has 2 aliphatic rings. The van der Waals surface area contributed by atoms with Crippen LogP contribution in [0.2, 0.25) is 0 Å². The number of hydrogen-bond acceptors (Lipinski definition) is 4. The second kappa shape index (κ2) is 7.31. The molecule has 7 heteroatoms. The summed E-state index contributed by atoms with van der Waals surface area (Å²) < 4.78 is 28.0. The number of hydrogen-bond donors (Lipinski definition) is 1. The summed E-state index contributed by atoms with van der Waals surface area (Å²) in [7, 11) is -3.60. The van der Waals surface area contributed by atoms with E-state index < -0.39 is 10.0 Å². The van der Waals surface area contributed by atoms with Crippen molar-refractivity contribution >= 4 is 21.6 Å². The van der Waals surface area contributed by atoms with Gasteiger partial charge in [0, 0.05) is 37.4 Å². The number of sulfonamides is 1. The maximum atomic E-state index is 13.2. The van der Waals surface area contributed by atoms with Crippen molar-refractivity contribution in [2.45, 2.75) is 43.8 Å². The Kier molecular flexibility index (Phi) is 4.99. The van der Waals surface area contributed by atoms with Gasteiger partial charge in [-0.05, 0) is 43.2 Å². The zero-order valence-electron chi connectivity index (χ0n) is 16.1. The molecule has 6 nitrogen and oxygen atoms in total. The first-order valence-corrected chi connectivity index (χ1v) is 11.0. The Labute approximate surface area is 166 Å². The molecule has 2 atom stereocenters. The van der Waals surface area contributed by atoms with Crippen LogP contribution in [0.25, 0.3) is 0 Å². The van der Waals surface area contributed by atoms with Crippen molar-refractivity contribution < 1.29 is 13.2 Å². The highest BCUT2D eigenvalue weighted by atomic mass is 32.2. The van der Waals surface area contributed by atoms with Gasteiger partial charge in [-0.3, -0.25) is 9.69 Å². The predicted octanol–water partition coefficient (Wildman–Crippen LogP) is 2.46. The average Bonchev–Trinajstić information content (AvgIpc) is 3.04. The van der Waals surface area contributed by atoms with Crippen LogP contribution in [-0.4, -0.2) is 48.7 Å². The van der Waals surface area contributed by atoms with Crippen molar-refractivity contribution in [3.63, 3.8) is 0 Å². The molecule has 1 fully saturated rings. The molecule has 2 aromatic carbocycles. The van der Waals surface area contributed by atoms with Crippen LogP contribution in [0.15, 0.2) is 53.4 Å². The van der Waals surface area contributed by atoms with Crippen molar-refractivity contribution in [1.29, 1.82) is 0 Å². The van der Waals surface area contributed by atoms with Gasteiger partial charge in [0.1, 0.15) is 0 Å². The van der Waals surface area contributed by atoms with Crippen LogP contribution in [0.4, 0.5) is 5.69 Å². The zero-order chi connectivity index (χ0) is 19.9. The molecular formula is C21H25N3O3S. The van der Waals surface area contributed by atoms with E-state index in [1.54, 1.807) is 22.5 Å². The predicted molar refractivity (Wildman–Crippen MR) is 108 cm³/mol. The number of fused-ring (bicyclic) bond motifs is 1. The van der Waals surface area contributed by atoms with Crippen LogP contribution in [0.5, 0.6) is 0 Å². The van der Waals surface area contributed by atoms with Crippen LogP contribution in [0.1, 0.15) is 25.0 Å². The molecular weight excluding hydrogens is 374 g/mol. The first-order valence-electron chi connectivity index (χ1n) is 9.57. The van der Waals surface area contributed by atoms with E-state index >= 15 is 0 Å². The van der Waals surface area contributed by atoms with E-state index in [-0.39, 0.29) is 29.3 Å². The number of anilines is 1. The SMILES string of the molecule is CC1CN(S(=O)(=O)c2ccc3c(c2)CC(=O)N3)CC(C)N1Cc1ccccc1. The van der Waals surface area contributed by atoms with Crippen LogP contribution in [0.3, 0.4) is 0 Å². The summed E-state index contributed by atoms with van der Waals surface area (Å²) in [5.74, 6) is -0.0960. The van der Waals surface area contributed by atoms with Crippen molar-refractivity contribution in [1.82, 2.24) is 9.21 Å². The van der Waals surface area contributed by atoms with E-state index in [9.17, 15) is 13.2 Å². The van der Waals surface area contributed by atoms with Gasteiger partial charge in [0.15, 0.2) is 0 Å². The second-order valence-electron chi connectivity index (χ2n) is 7.72. The minimum absolute atomic E-state index is 0.0960. The van der Waals surface area contributed by atoms with Gasteiger partial charge in [-0.2, -0.15) is 4.31 Å². The lowest BCUT2D eigenvalue weighted by atomic mass is 10.1. The standard InChI is InChI=1S/C21H25N3O3S/c1-15-12-23(13-16(2)24(15)14-17-6-4-3-5-7-17)28(26,27)19-8-9-20-18(10-19)11-21(25)22-20/h3-10,15-16H,11-14H2,1-2H3,(H,22,25). The van der Waals surface area contributed by atoms with Gasteiger partial charge >= 0.3 is 0 Å². The molecule has 4 rings (SSSR count). The highest BCUT2D eigenvalue weighted by Gasteiger charge is 2.36. The van der Waals surface area contributed by atoms with Crippen molar-refractivity contribution in [2.75, 3.05) is 18.4 Å². The van der Waals surface area contributed by atoms with Crippen molar-refractivity contribution in [3.05, 3.63) is 59.7 Å². The van der Waals surface area contributed by atoms with E-state index in [2.05, 4.69) is 36.2 Å². The van der Waals surface area contributed by atoms with Crippen molar-refractivity contribution in [3.8, 4) is 0 Å².